The molecule has 1 aliphatic carbocycles. The van der Waals surface area contributed by atoms with Crippen LogP contribution in [0.2, 0.25) is 0 Å². The number of rotatable bonds is 4. The van der Waals surface area contributed by atoms with Crippen LogP contribution in [0.5, 0.6) is 0 Å². The van der Waals surface area contributed by atoms with Crippen molar-refractivity contribution in [2.75, 3.05) is 0 Å². The van der Waals surface area contributed by atoms with Crippen molar-refractivity contribution in [3.63, 3.8) is 0 Å². The van der Waals surface area contributed by atoms with Crippen molar-refractivity contribution in [1.29, 1.82) is 0 Å². The van der Waals surface area contributed by atoms with Gasteiger partial charge >= 0.3 is 12.4 Å². The normalized spacial score (nSPS) is 22.3. The van der Waals surface area contributed by atoms with Crippen molar-refractivity contribution in [2.45, 2.75) is 51.1 Å². The molecule has 0 heterocycles. The zero-order valence-corrected chi connectivity index (χ0v) is 10.9. The molecule has 0 saturated carbocycles. The average Bonchev–Trinajstić information content (AvgIpc) is 2.26. The lowest BCUT2D eigenvalue weighted by Crippen LogP contribution is -2.27. The molecule has 0 radical (unpaired) electrons. The molecule has 0 amide bonds. The van der Waals surface area contributed by atoms with Crippen molar-refractivity contribution in [3.8, 4) is 0 Å². The predicted molar refractivity (Wildman–Crippen MR) is 61.9 cm³/mol. The Labute approximate surface area is 113 Å². The fourth-order valence-electron chi connectivity index (χ4n) is 2.15. The van der Waals surface area contributed by atoms with Gasteiger partial charge in [0.05, 0.1) is 17.6 Å². The second-order valence-corrected chi connectivity index (χ2v) is 4.92. The summed E-state index contributed by atoms with van der Waals surface area (Å²) in [6.45, 7) is 1.78. The van der Waals surface area contributed by atoms with E-state index in [2.05, 4.69) is 0 Å². The van der Waals surface area contributed by atoms with E-state index in [1.165, 1.54) is 0 Å². The second kappa shape index (κ2) is 6.20. The van der Waals surface area contributed by atoms with Gasteiger partial charge in [-0.05, 0) is 19.3 Å². The van der Waals surface area contributed by atoms with Crippen LogP contribution in [0.3, 0.4) is 0 Å². The third kappa shape index (κ3) is 4.85. The van der Waals surface area contributed by atoms with Crippen LogP contribution in [0.4, 0.5) is 26.3 Å². The van der Waals surface area contributed by atoms with E-state index in [1.807, 2.05) is 0 Å². The molecule has 0 saturated heterocycles. The van der Waals surface area contributed by atoms with Crippen LogP contribution >= 0.6 is 0 Å². The topological polar surface area (TPSA) is 20.2 Å². The minimum Gasteiger partial charge on any atom is -0.393 e. The van der Waals surface area contributed by atoms with E-state index in [0.29, 0.717) is 12.8 Å². The van der Waals surface area contributed by atoms with Crippen LogP contribution < -0.4 is 0 Å². The van der Waals surface area contributed by atoms with Crippen molar-refractivity contribution in [1.82, 2.24) is 0 Å². The Balaban J connectivity index is 2.96. The monoisotopic (exact) mass is 302 g/mol. The molecule has 1 aliphatic rings. The molecule has 1 N–H and O–H groups in total. The molecule has 0 spiro atoms. The highest BCUT2D eigenvalue weighted by Crippen LogP contribution is 2.41. The molecule has 0 bridgehead atoms. The average molecular weight is 302 g/mol. The van der Waals surface area contributed by atoms with Gasteiger partial charge in [0, 0.05) is 0 Å². The van der Waals surface area contributed by atoms with Gasteiger partial charge in [0.2, 0.25) is 0 Å². The fraction of sp³-hybridized carbons (Fsp3) is 0.692. The van der Waals surface area contributed by atoms with E-state index in [-0.39, 0.29) is 18.1 Å². The molecule has 1 rings (SSSR count). The van der Waals surface area contributed by atoms with Gasteiger partial charge in [-0.2, -0.15) is 26.3 Å². The summed E-state index contributed by atoms with van der Waals surface area (Å²) in [6, 6.07) is 0. The Bertz CT molecular complexity index is 391. The summed E-state index contributed by atoms with van der Waals surface area (Å²) in [5.74, 6) is -2.15. The number of hydrogen-bond acceptors (Lipinski definition) is 1. The summed E-state index contributed by atoms with van der Waals surface area (Å²) < 4.78 is 75.8. The van der Waals surface area contributed by atoms with Crippen molar-refractivity contribution in [3.05, 3.63) is 23.3 Å². The Morgan fingerprint density at radius 3 is 2.30 bits per heavy atom. The van der Waals surface area contributed by atoms with Crippen LogP contribution in [0, 0.1) is 5.92 Å². The largest absolute Gasteiger partial charge is 0.416 e. The zero-order valence-electron chi connectivity index (χ0n) is 10.9. The molecule has 0 aromatic carbocycles. The van der Waals surface area contributed by atoms with Gasteiger partial charge in [-0.1, -0.05) is 31.1 Å². The first-order valence-corrected chi connectivity index (χ1v) is 6.27. The van der Waals surface area contributed by atoms with Gasteiger partial charge in [-0.3, -0.25) is 0 Å². The number of aliphatic hydroxyl groups excluding tert-OH is 1. The van der Waals surface area contributed by atoms with Crippen molar-refractivity contribution < 1.29 is 31.4 Å². The van der Waals surface area contributed by atoms with E-state index in [4.69, 9.17) is 0 Å². The maximum absolute atomic E-state index is 12.7. The Morgan fingerprint density at radius 2 is 1.85 bits per heavy atom. The van der Waals surface area contributed by atoms with E-state index in [9.17, 15) is 31.4 Å². The molecule has 0 aromatic heterocycles. The van der Waals surface area contributed by atoms with Crippen LogP contribution in [0.15, 0.2) is 23.3 Å². The number of allylic oxidation sites excluding steroid dienone is 3. The number of hydrogen-bond donors (Lipinski definition) is 1. The zero-order chi connectivity index (χ0) is 15.6. The van der Waals surface area contributed by atoms with Gasteiger partial charge in [0.1, 0.15) is 0 Å². The van der Waals surface area contributed by atoms with Gasteiger partial charge in [-0.25, -0.2) is 0 Å². The van der Waals surface area contributed by atoms with E-state index < -0.39 is 36.4 Å². The maximum Gasteiger partial charge on any atom is 0.416 e. The van der Waals surface area contributed by atoms with Crippen LogP contribution in [0.25, 0.3) is 0 Å². The lowest BCUT2D eigenvalue weighted by molar-refractivity contribution is -0.162. The molecule has 116 valence electrons. The third-order valence-corrected chi connectivity index (χ3v) is 3.09. The summed E-state index contributed by atoms with van der Waals surface area (Å²) in [4.78, 5) is 0. The first kappa shape index (κ1) is 17.1. The molecule has 0 aromatic rings. The lowest BCUT2D eigenvalue weighted by atomic mass is 9.86. The molecular formula is C13H16F6O. The Hall–Kier alpha value is -0.980. The fourth-order valence-corrected chi connectivity index (χ4v) is 2.15. The predicted octanol–water partition coefficient (Wildman–Crippen LogP) is 4.53. The Morgan fingerprint density at radius 1 is 1.25 bits per heavy atom. The molecule has 0 aliphatic heterocycles. The Kier molecular flexibility index (Phi) is 5.29. The SMILES string of the molecule is CCCC(O)CC1=CC(C(F)(F)F)=CC(C(F)(F)F)C1. The van der Waals surface area contributed by atoms with E-state index in [0.717, 1.165) is 6.08 Å². The first-order valence-electron chi connectivity index (χ1n) is 6.27. The lowest BCUT2D eigenvalue weighted by Gasteiger charge is -2.26. The quantitative estimate of drug-likeness (QED) is 0.756. The van der Waals surface area contributed by atoms with Gasteiger partial charge in [-0.15, -0.1) is 0 Å². The van der Waals surface area contributed by atoms with Crippen LogP contribution in [-0.2, 0) is 0 Å². The summed E-state index contributed by atoms with van der Waals surface area (Å²) in [5.41, 5.74) is -1.30. The molecule has 20 heavy (non-hydrogen) atoms. The summed E-state index contributed by atoms with van der Waals surface area (Å²) in [5, 5.41) is 9.56. The molecule has 7 heteroatoms. The third-order valence-electron chi connectivity index (χ3n) is 3.09. The second-order valence-electron chi connectivity index (χ2n) is 4.92. The number of halogens is 6. The first-order chi connectivity index (χ1) is 9.04. The number of aliphatic hydroxyl groups is 1. The minimum atomic E-state index is -4.81. The highest BCUT2D eigenvalue weighted by atomic mass is 19.4. The van der Waals surface area contributed by atoms with Gasteiger partial charge in [0.25, 0.3) is 0 Å². The van der Waals surface area contributed by atoms with Crippen molar-refractivity contribution in [2.24, 2.45) is 5.92 Å². The molecule has 1 nitrogen and oxygen atoms in total. The highest BCUT2D eigenvalue weighted by molar-refractivity contribution is 5.33. The summed E-state index contributed by atoms with van der Waals surface area (Å²) in [6.07, 6.45) is -9.23. The molecule has 2 atom stereocenters. The summed E-state index contributed by atoms with van der Waals surface area (Å²) in [7, 11) is 0. The van der Waals surface area contributed by atoms with Gasteiger partial charge in [0.15, 0.2) is 0 Å². The molecule has 2 unspecified atom stereocenters. The van der Waals surface area contributed by atoms with Crippen LogP contribution in [-0.4, -0.2) is 23.6 Å². The standard InChI is InChI=1S/C13H16F6O/c1-2-3-11(20)6-8-4-9(12(14,15)16)7-10(5-8)13(17,18)19/h4,7,10-11,20H,2-3,5-6H2,1H3. The van der Waals surface area contributed by atoms with Gasteiger partial charge < -0.3 is 5.11 Å². The molecular weight excluding hydrogens is 286 g/mol. The number of alkyl halides is 6. The van der Waals surface area contributed by atoms with E-state index in [1.54, 1.807) is 6.92 Å². The molecule has 0 fully saturated rings. The maximum atomic E-state index is 12.7. The smallest absolute Gasteiger partial charge is 0.393 e. The van der Waals surface area contributed by atoms with Crippen molar-refractivity contribution >= 4 is 0 Å². The minimum absolute atomic E-state index is 0.0110. The van der Waals surface area contributed by atoms with E-state index >= 15 is 0 Å². The van der Waals surface area contributed by atoms with Crippen LogP contribution in [0.1, 0.15) is 32.6 Å². The highest BCUT2D eigenvalue weighted by Gasteiger charge is 2.44. The summed E-state index contributed by atoms with van der Waals surface area (Å²) >= 11 is 0.